The molecule has 0 spiro atoms. The van der Waals surface area contributed by atoms with Crippen LogP contribution in [0.5, 0.6) is 5.75 Å². The lowest BCUT2D eigenvalue weighted by molar-refractivity contribution is -0.131. The maximum atomic E-state index is 15.0. The van der Waals surface area contributed by atoms with Crippen LogP contribution in [0.15, 0.2) is 91.0 Å². The number of rotatable bonds is 5. The van der Waals surface area contributed by atoms with Crippen LogP contribution >= 0.6 is 22.9 Å². The molecule has 9 nitrogen and oxygen atoms in total. The van der Waals surface area contributed by atoms with E-state index in [0.29, 0.717) is 34.2 Å². The monoisotopic (exact) mass is 742 g/mol. The van der Waals surface area contributed by atoms with E-state index in [1.165, 1.54) is 9.80 Å². The highest BCUT2D eigenvalue weighted by Crippen LogP contribution is 2.64. The standard InChI is InChI=1S/C42H35ClN4O5S/c1-5-22-10-13-24(14-11-22)46-38(49)27-16-15-25-29(35(27)40(46)51)19-30-39(50)47(41(52)42(30,3)36(25)26-8-6-7-9-32(26)48)34-20-31(44-45(34)4)37-21(2)28-18-23(43)12-17-33(28)53-37/h5-15,17-18,20,27,29-30,35-36,48H,1,16,19H2,2-4H3. The van der Waals surface area contributed by atoms with Gasteiger partial charge in [0.2, 0.25) is 23.6 Å². The molecule has 0 bridgehead atoms. The van der Waals surface area contributed by atoms with Gasteiger partial charge in [0.25, 0.3) is 0 Å². The number of carbonyl (C=O) groups is 4. The number of carbonyl (C=O) groups excluding carboxylic acids is 4. The second-order valence-electron chi connectivity index (χ2n) is 14.7. The van der Waals surface area contributed by atoms with E-state index < -0.39 is 40.9 Å². The van der Waals surface area contributed by atoms with Gasteiger partial charge in [0.05, 0.1) is 33.7 Å². The summed E-state index contributed by atoms with van der Waals surface area (Å²) in [6, 6.07) is 21.5. The molecule has 1 N–H and O–H groups in total. The molecule has 2 aliphatic heterocycles. The van der Waals surface area contributed by atoms with Gasteiger partial charge in [-0.1, -0.05) is 66.2 Å². The number of benzene rings is 3. The molecule has 6 atom stereocenters. The number of anilines is 2. The summed E-state index contributed by atoms with van der Waals surface area (Å²) < 4.78 is 2.61. The molecule has 3 fully saturated rings. The molecule has 9 rings (SSSR count). The van der Waals surface area contributed by atoms with Gasteiger partial charge in [0, 0.05) is 34.3 Å². The van der Waals surface area contributed by atoms with E-state index in [2.05, 4.69) is 6.58 Å². The molecule has 6 unspecified atom stereocenters. The third-order valence-electron chi connectivity index (χ3n) is 12.1. The Morgan fingerprint density at radius 2 is 1.72 bits per heavy atom. The average Bonchev–Trinajstić information content (AvgIpc) is 3.82. The molecular weight excluding hydrogens is 708 g/mol. The number of thiophene rings is 1. The lowest BCUT2D eigenvalue weighted by atomic mass is 9.51. The summed E-state index contributed by atoms with van der Waals surface area (Å²) in [6.07, 6.45) is 4.20. The second kappa shape index (κ2) is 11.8. The van der Waals surface area contributed by atoms with Gasteiger partial charge < -0.3 is 5.11 Å². The van der Waals surface area contributed by atoms with E-state index in [-0.39, 0.29) is 29.9 Å². The van der Waals surface area contributed by atoms with Crippen molar-refractivity contribution in [3.8, 4) is 16.3 Å². The number of aromatic nitrogens is 2. The van der Waals surface area contributed by atoms with Gasteiger partial charge in [-0.05, 0) is 85.5 Å². The number of amides is 4. The Labute approximate surface area is 314 Å². The summed E-state index contributed by atoms with van der Waals surface area (Å²) in [5, 5.41) is 17.8. The molecular formula is C42H35ClN4O5S. The fourth-order valence-corrected chi connectivity index (χ4v) is 10.9. The van der Waals surface area contributed by atoms with E-state index in [9.17, 15) is 19.5 Å². The van der Waals surface area contributed by atoms with Crippen LogP contribution in [0.2, 0.25) is 5.02 Å². The molecule has 5 aromatic rings. The van der Waals surface area contributed by atoms with Gasteiger partial charge in [-0.3, -0.25) is 28.8 Å². The number of hydrogen-bond donors (Lipinski definition) is 1. The highest BCUT2D eigenvalue weighted by atomic mass is 35.5. The highest BCUT2D eigenvalue weighted by molar-refractivity contribution is 7.22. The van der Waals surface area contributed by atoms with Crippen molar-refractivity contribution >= 4 is 74.2 Å². The first-order chi connectivity index (χ1) is 25.4. The van der Waals surface area contributed by atoms with Crippen LogP contribution in [0.3, 0.4) is 0 Å². The summed E-state index contributed by atoms with van der Waals surface area (Å²) in [7, 11) is 1.72. The average molecular weight is 743 g/mol. The summed E-state index contributed by atoms with van der Waals surface area (Å²) in [5.41, 5.74) is 3.01. The highest BCUT2D eigenvalue weighted by Gasteiger charge is 2.68. The normalized spacial score (nSPS) is 26.6. The molecule has 3 aromatic carbocycles. The number of halogens is 1. The van der Waals surface area contributed by atoms with Crippen LogP contribution in [-0.4, -0.2) is 38.5 Å². The van der Waals surface area contributed by atoms with Crippen molar-refractivity contribution < 1.29 is 24.3 Å². The first-order valence-electron chi connectivity index (χ1n) is 17.6. The molecule has 1 saturated carbocycles. The zero-order valence-electron chi connectivity index (χ0n) is 29.2. The van der Waals surface area contributed by atoms with Crippen LogP contribution in [0.25, 0.3) is 26.7 Å². The molecule has 0 radical (unpaired) electrons. The summed E-state index contributed by atoms with van der Waals surface area (Å²) in [6.45, 7) is 7.61. The van der Waals surface area contributed by atoms with Gasteiger partial charge in [-0.25, -0.2) is 4.90 Å². The van der Waals surface area contributed by atoms with Crippen LogP contribution in [0.4, 0.5) is 11.5 Å². The Bertz CT molecular complexity index is 2480. The Kier molecular flexibility index (Phi) is 7.49. The lowest BCUT2D eigenvalue weighted by Gasteiger charge is -2.49. The zero-order chi connectivity index (χ0) is 37.1. The van der Waals surface area contributed by atoms with E-state index in [1.807, 2.05) is 50.3 Å². The van der Waals surface area contributed by atoms with Crippen LogP contribution in [0.1, 0.15) is 42.4 Å². The van der Waals surface area contributed by atoms with Gasteiger partial charge in [-0.15, -0.1) is 11.3 Å². The number of phenolic OH excluding ortho intramolecular Hbond substituents is 1. The molecule has 53 heavy (non-hydrogen) atoms. The van der Waals surface area contributed by atoms with Gasteiger partial charge in [-0.2, -0.15) is 5.10 Å². The maximum Gasteiger partial charge on any atom is 0.242 e. The predicted octanol–water partition coefficient (Wildman–Crippen LogP) is 8.05. The summed E-state index contributed by atoms with van der Waals surface area (Å²) in [5.74, 6) is -4.41. The minimum Gasteiger partial charge on any atom is -0.508 e. The van der Waals surface area contributed by atoms with E-state index in [4.69, 9.17) is 16.7 Å². The quantitative estimate of drug-likeness (QED) is 0.144. The van der Waals surface area contributed by atoms with Crippen LogP contribution < -0.4 is 9.80 Å². The van der Waals surface area contributed by atoms with Crippen molar-refractivity contribution in [3.05, 3.63) is 113 Å². The van der Waals surface area contributed by atoms with E-state index in [1.54, 1.807) is 71.6 Å². The number of imide groups is 2. The molecule has 2 aliphatic carbocycles. The number of fused-ring (bicyclic) bond motifs is 5. The van der Waals surface area contributed by atoms with Crippen molar-refractivity contribution in [2.45, 2.75) is 32.6 Å². The number of para-hydroxylation sites is 1. The minimum absolute atomic E-state index is 0.000710. The largest absolute Gasteiger partial charge is 0.508 e. The Hall–Kier alpha value is -5.32. The number of hydrogen-bond acceptors (Lipinski definition) is 7. The van der Waals surface area contributed by atoms with Crippen molar-refractivity contribution in [1.82, 2.24) is 9.78 Å². The molecule has 2 saturated heterocycles. The first kappa shape index (κ1) is 33.5. The summed E-state index contributed by atoms with van der Waals surface area (Å²) >= 11 is 7.88. The fraction of sp³-hybridized carbons (Fsp3) is 0.262. The summed E-state index contributed by atoms with van der Waals surface area (Å²) in [4.78, 5) is 61.6. The van der Waals surface area contributed by atoms with Crippen molar-refractivity contribution in [2.24, 2.45) is 36.1 Å². The number of aryl methyl sites for hydroxylation is 2. The van der Waals surface area contributed by atoms with Gasteiger partial charge in [0.1, 0.15) is 17.3 Å². The number of nitrogens with zero attached hydrogens (tertiary/aromatic N) is 4. The SMILES string of the molecule is C=Cc1ccc(N2C(=O)C3CC=C4C(CC5C(=O)N(c6cc(-c7sc8ccc(Cl)cc8c7C)nn6C)C(=O)C5(C)C4c4ccccc4O)C3C2=O)cc1. The van der Waals surface area contributed by atoms with Gasteiger partial charge in [0.15, 0.2) is 0 Å². The number of phenols is 1. The molecule has 2 aromatic heterocycles. The molecule has 4 aliphatic rings. The van der Waals surface area contributed by atoms with Crippen molar-refractivity contribution in [3.63, 3.8) is 0 Å². The predicted molar refractivity (Wildman–Crippen MR) is 206 cm³/mol. The fourth-order valence-electron chi connectivity index (χ4n) is 9.54. The van der Waals surface area contributed by atoms with Crippen molar-refractivity contribution in [1.29, 1.82) is 0 Å². The number of allylic oxidation sites excluding steroid dienone is 2. The first-order valence-corrected chi connectivity index (χ1v) is 18.8. The Morgan fingerprint density at radius 1 is 0.962 bits per heavy atom. The lowest BCUT2D eigenvalue weighted by Crippen LogP contribution is -2.49. The minimum atomic E-state index is -1.30. The van der Waals surface area contributed by atoms with Crippen molar-refractivity contribution in [2.75, 3.05) is 9.80 Å². The second-order valence-corrected chi connectivity index (χ2v) is 16.2. The Morgan fingerprint density at radius 3 is 2.45 bits per heavy atom. The van der Waals surface area contributed by atoms with Crippen LogP contribution in [0, 0.1) is 36.0 Å². The molecule has 4 heterocycles. The third-order valence-corrected chi connectivity index (χ3v) is 13.7. The zero-order valence-corrected chi connectivity index (χ0v) is 30.8. The molecule has 266 valence electrons. The molecule has 4 amide bonds. The van der Waals surface area contributed by atoms with Gasteiger partial charge >= 0.3 is 0 Å². The van der Waals surface area contributed by atoms with Crippen LogP contribution in [-0.2, 0) is 26.2 Å². The van der Waals surface area contributed by atoms with E-state index in [0.717, 1.165) is 31.7 Å². The Balaban J connectivity index is 1.14. The third kappa shape index (κ3) is 4.64. The topological polar surface area (TPSA) is 113 Å². The number of aromatic hydroxyl groups is 1. The van der Waals surface area contributed by atoms with E-state index >= 15 is 4.79 Å². The maximum absolute atomic E-state index is 15.0. The molecule has 11 heteroatoms. The smallest absolute Gasteiger partial charge is 0.242 e.